The summed E-state index contributed by atoms with van der Waals surface area (Å²) in [6.45, 7) is 12.2. The van der Waals surface area contributed by atoms with Gasteiger partial charge >= 0.3 is 0 Å². The Labute approximate surface area is 127 Å². The second-order valence-electron chi connectivity index (χ2n) is 6.23. The normalized spacial score (nSPS) is 20.4. The third kappa shape index (κ3) is 4.19. The zero-order chi connectivity index (χ0) is 14.5. The van der Waals surface area contributed by atoms with Crippen LogP contribution in [-0.4, -0.2) is 24.1 Å². The first kappa shape index (κ1) is 15.8. The number of nitrogens with one attached hydrogen (secondary N) is 1. The summed E-state index contributed by atoms with van der Waals surface area (Å²) in [5.74, 6) is 0.920. The van der Waals surface area contributed by atoms with Crippen molar-refractivity contribution >= 4 is 16.5 Å². The molecule has 0 amide bonds. The van der Waals surface area contributed by atoms with Gasteiger partial charge in [0.2, 0.25) is 0 Å². The molecule has 4 heteroatoms. The SMILES string of the molecule is CCC1CCCN(c2nc(C)c(CNC(C)C)s2)CC1. The van der Waals surface area contributed by atoms with E-state index in [1.54, 1.807) is 0 Å². The van der Waals surface area contributed by atoms with Crippen LogP contribution in [-0.2, 0) is 6.54 Å². The molecule has 0 radical (unpaired) electrons. The highest BCUT2D eigenvalue weighted by Crippen LogP contribution is 2.29. The summed E-state index contributed by atoms with van der Waals surface area (Å²) in [7, 11) is 0. The fourth-order valence-corrected chi connectivity index (χ4v) is 3.84. The minimum absolute atomic E-state index is 0.531. The maximum absolute atomic E-state index is 4.81. The smallest absolute Gasteiger partial charge is 0.185 e. The summed E-state index contributed by atoms with van der Waals surface area (Å²) in [4.78, 5) is 8.71. The summed E-state index contributed by atoms with van der Waals surface area (Å²) in [6, 6.07) is 0.531. The van der Waals surface area contributed by atoms with E-state index in [2.05, 4.69) is 37.9 Å². The minimum atomic E-state index is 0.531. The maximum atomic E-state index is 4.81. The van der Waals surface area contributed by atoms with Crippen LogP contribution < -0.4 is 10.2 Å². The average Bonchev–Trinajstić information content (AvgIpc) is 2.64. The fourth-order valence-electron chi connectivity index (χ4n) is 2.77. The lowest BCUT2D eigenvalue weighted by Gasteiger charge is -2.19. The first-order valence-electron chi connectivity index (χ1n) is 8.04. The van der Waals surface area contributed by atoms with Gasteiger partial charge in [-0.25, -0.2) is 4.98 Å². The van der Waals surface area contributed by atoms with Gasteiger partial charge in [-0.15, -0.1) is 11.3 Å². The van der Waals surface area contributed by atoms with Crippen LogP contribution in [0.4, 0.5) is 5.13 Å². The molecule has 1 N–H and O–H groups in total. The third-order valence-corrected chi connectivity index (χ3v) is 5.47. The molecule has 1 atom stereocenters. The zero-order valence-corrected chi connectivity index (χ0v) is 14.2. The van der Waals surface area contributed by atoms with Crippen LogP contribution in [0.5, 0.6) is 0 Å². The molecule has 1 aromatic heterocycles. The van der Waals surface area contributed by atoms with Crippen molar-refractivity contribution in [1.82, 2.24) is 10.3 Å². The van der Waals surface area contributed by atoms with Gasteiger partial charge in [-0.1, -0.05) is 27.2 Å². The summed E-state index contributed by atoms with van der Waals surface area (Å²) in [5.41, 5.74) is 1.20. The molecule has 0 aliphatic carbocycles. The van der Waals surface area contributed by atoms with E-state index in [0.717, 1.165) is 12.5 Å². The van der Waals surface area contributed by atoms with Gasteiger partial charge in [-0.2, -0.15) is 0 Å². The molecular weight excluding hydrogens is 266 g/mol. The van der Waals surface area contributed by atoms with E-state index in [0.29, 0.717) is 6.04 Å². The van der Waals surface area contributed by atoms with E-state index in [9.17, 15) is 0 Å². The Morgan fingerprint density at radius 3 is 2.85 bits per heavy atom. The van der Waals surface area contributed by atoms with Gasteiger partial charge in [0.25, 0.3) is 0 Å². The number of aryl methyl sites for hydroxylation is 1. The van der Waals surface area contributed by atoms with Crippen molar-refractivity contribution in [2.75, 3.05) is 18.0 Å². The van der Waals surface area contributed by atoms with Crippen LogP contribution in [0.1, 0.15) is 57.0 Å². The number of rotatable bonds is 5. The van der Waals surface area contributed by atoms with E-state index in [4.69, 9.17) is 4.98 Å². The summed E-state index contributed by atoms with van der Waals surface area (Å²) in [6.07, 6.45) is 5.36. The average molecular weight is 295 g/mol. The van der Waals surface area contributed by atoms with E-state index in [1.807, 2.05) is 11.3 Å². The van der Waals surface area contributed by atoms with Crippen molar-refractivity contribution in [2.24, 2.45) is 5.92 Å². The Morgan fingerprint density at radius 2 is 2.15 bits per heavy atom. The molecule has 1 fully saturated rings. The Morgan fingerprint density at radius 1 is 1.35 bits per heavy atom. The first-order chi connectivity index (χ1) is 9.60. The molecule has 2 heterocycles. The molecule has 1 aromatic rings. The number of thiazole rings is 1. The molecule has 1 aliphatic heterocycles. The zero-order valence-electron chi connectivity index (χ0n) is 13.4. The highest BCUT2D eigenvalue weighted by atomic mass is 32.1. The Kier molecular flexibility index (Phi) is 5.85. The van der Waals surface area contributed by atoms with Crippen LogP contribution >= 0.6 is 11.3 Å². The summed E-state index contributed by atoms with van der Waals surface area (Å²) >= 11 is 1.88. The summed E-state index contributed by atoms with van der Waals surface area (Å²) < 4.78 is 0. The molecule has 20 heavy (non-hydrogen) atoms. The standard InChI is InChI=1S/C16H29N3S/c1-5-14-7-6-9-19(10-8-14)16-18-13(4)15(20-16)11-17-12(2)3/h12,14,17H,5-11H2,1-4H3. The topological polar surface area (TPSA) is 28.2 Å². The molecule has 2 rings (SSSR count). The van der Waals surface area contributed by atoms with E-state index < -0.39 is 0 Å². The van der Waals surface area contributed by atoms with Crippen molar-refractivity contribution in [3.8, 4) is 0 Å². The fraction of sp³-hybridized carbons (Fsp3) is 0.812. The maximum Gasteiger partial charge on any atom is 0.185 e. The predicted octanol–water partition coefficient (Wildman–Crippen LogP) is 3.97. The van der Waals surface area contributed by atoms with Gasteiger partial charge in [0.1, 0.15) is 0 Å². The van der Waals surface area contributed by atoms with Crippen molar-refractivity contribution in [3.63, 3.8) is 0 Å². The molecule has 3 nitrogen and oxygen atoms in total. The van der Waals surface area contributed by atoms with Crippen molar-refractivity contribution in [1.29, 1.82) is 0 Å². The number of aromatic nitrogens is 1. The Bertz CT molecular complexity index is 414. The van der Waals surface area contributed by atoms with Gasteiger partial charge in [0.15, 0.2) is 5.13 Å². The largest absolute Gasteiger partial charge is 0.348 e. The molecular formula is C16H29N3S. The lowest BCUT2D eigenvalue weighted by molar-refractivity contribution is 0.459. The molecule has 0 saturated carbocycles. The highest BCUT2D eigenvalue weighted by molar-refractivity contribution is 7.15. The van der Waals surface area contributed by atoms with Gasteiger partial charge in [0.05, 0.1) is 5.69 Å². The van der Waals surface area contributed by atoms with E-state index in [1.165, 1.54) is 54.5 Å². The van der Waals surface area contributed by atoms with Crippen molar-refractivity contribution < 1.29 is 0 Å². The Hall–Kier alpha value is -0.610. The summed E-state index contributed by atoms with van der Waals surface area (Å²) in [5, 5.41) is 4.74. The molecule has 114 valence electrons. The van der Waals surface area contributed by atoms with Crippen molar-refractivity contribution in [3.05, 3.63) is 10.6 Å². The highest BCUT2D eigenvalue weighted by Gasteiger charge is 2.19. The molecule has 0 spiro atoms. The van der Waals surface area contributed by atoms with Crippen LogP contribution in [0.25, 0.3) is 0 Å². The number of anilines is 1. The third-order valence-electron chi connectivity index (χ3n) is 4.25. The van der Waals surface area contributed by atoms with Crippen LogP contribution in [0.2, 0.25) is 0 Å². The van der Waals surface area contributed by atoms with Gasteiger partial charge in [-0.3, -0.25) is 0 Å². The van der Waals surface area contributed by atoms with E-state index >= 15 is 0 Å². The molecule has 1 aliphatic rings. The molecule has 0 aromatic carbocycles. The number of nitrogens with zero attached hydrogens (tertiary/aromatic N) is 2. The first-order valence-corrected chi connectivity index (χ1v) is 8.86. The second kappa shape index (κ2) is 7.41. The quantitative estimate of drug-likeness (QED) is 0.891. The molecule has 0 bridgehead atoms. The van der Waals surface area contributed by atoms with Gasteiger partial charge < -0.3 is 10.2 Å². The van der Waals surface area contributed by atoms with Crippen LogP contribution in [0.3, 0.4) is 0 Å². The molecule has 1 unspecified atom stereocenters. The monoisotopic (exact) mass is 295 g/mol. The molecule has 1 saturated heterocycles. The predicted molar refractivity (Wildman–Crippen MR) is 88.7 cm³/mol. The minimum Gasteiger partial charge on any atom is -0.348 e. The van der Waals surface area contributed by atoms with Crippen LogP contribution in [0.15, 0.2) is 0 Å². The number of hydrogen-bond donors (Lipinski definition) is 1. The number of hydrogen-bond acceptors (Lipinski definition) is 4. The lowest BCUT2D eigenvalue weighted by Crippen LogP contribution is -2.24. The van der Waals surface area contributed by atoms with E-state index in [-0.39, 0.29) is 0 Å². The van der Waals surface area contributed by atoms with Crippen molar-refractivity contribution in [2.45, 2.75) is 66.0 Å². The second-order valence-corrected chi connectivity index (χ2v) is 7.29. The lowest BCUT2D eigenvalue weighted by atomic mass is 9.98. The van der Waals surface area contributed by atoms with Crippen LogP contribution in [0, 0.1) is 12.8 Å². The Balaban J connectivity index is 2.00. The van der Waals surface area contributed by atoms with Gasteiger partial charge in [0, 0.05) is 30.6 Å². The van der Waals surface area contributed by atoms with Gasteiger partial charge in [-0.05, 0) is 32.1 Å².